The molecule has 0 unspecified atom stereocenters. The number of aryl methyl sites for hydroxylation is 3. The smallest absolute Gasteiger partial charge is 0.240 e. The minimum Gasteiger partial charge on any atom is -0.326 e. The number of para-hydroxylation sites is 1. The first kappa shape index (κ1) is 18.2. The van der Waals surface area contributed by atoms with Gasteiger partial charge >= 0.3 is 0 Å². The quantitative estimate of drug-likeness (QED) is 0.844. The molecule has 2 aromatic rings. The van der Waals surface area contributed by atoms with Gasteiger partial charge in [-0.15, -0.1) is 0 Å². The number of nitrogens with one attached hydrogen (secondary N) is 2. The molecule has 0 saturated carbocycles. The Morgan fingerprint density at radius 1 is 1.00 bits per heavy atom. The van der Waals surface area contributed by atoms with Gasteiger partial charge in [0, 0.05) is 12.1 Å². The zero-order valence-corrected chi connectivity index (χ0v) is 14.9. The lowest BCUT2D eigenvalue weighted by Crippen LogP contribution is -2.18. The van der Waals surface area contributed by atoms with Gasteiger partial charge in [0.1, 0.15) is 0 Å². The van der Waals surface area contributed by atoms with Gasteiger partial charge in [-0.2, -0.15) is 0 Å². The van der Waals surface area contributed by atoms with Crippen molar-refractivity contribution in [2.45, 2.75) is 31.6 Å². The van der Waals surface area contributed by atoms with Crippen molar-refractivity contribution in [2.24, 2.45) is 0 Å². The summed E-state index contributed by atoms with van der Waals surface area (Å²) in [4.78, 5) is 12.4. The van der Waals surface area contributed by atoms with E-state index in [1.165, 1.54) is 7.05 Å². The molecule has 2 aromatic carbocycles. The van der Waals surface area contributed by atoms with Crippen LogP contribution in [0.2, 0.25) is 0 Å². The molecule has 0 aliphatic heterocycles. The first-order valence-corrected chi connectivity index (χ1v) is 9.20. The lowest BCUT2D eigenvalue weighted by molar-refractivity contribution is -0.116. The zero-order valence-electron chi connectivity index (χ0n) is 14.1. The third-order valence-corrected chi connectivity index (χ3v) is 5.32. The molecule has 0 aromatic heterocycles. The molecule has 0 aliphatic rings. The van der Waals surface area contributed by atoms with Crippen molar-refractivity contribution in [3.8, 4) is 0 Å². The molecule has 2 rings (SSSR count). The number of benzene rings is 2. The summed E-state index contributed by atoms with van der Waals surface area (Å²) in [6, 6.07) is 12.4. The van der Waals surface area contributed by atoms with Crippen molar-refractivity contribution in [3.05, 3.63) is 59.2 Å². The molecule has 0 spiro atoms. The minimum atomic E-state index is -3.43. The van der Waals surface area contributed by atoms with E-state index >= 15 is 0 Å². The number of amides is 1. The van der Waals surface area contributed by atoms with E-state index in [4.69, 9.17) is 0 Å². The first-order chi connectivity index (χ1) is 11.3. The second-order valence-electron chi connectivity index (χ2n) is 5.67. The van der Waals surface area contributed by atoms with Gasteiger partial charge < -0.3 is 5.32 Å². The van der Waals surface area contributed by atoms with E-state index in [2.05, 4.69) is 10.0 Å². The van der Waals surface area contributed by atoms with Crippen LogP contribution >= 0.6 is 0 Å². The van der Waals surface area contributed by atoms with Crippen LogP contribution in [0.15, 0.2) is 47.4 Å². The van der Waals surface area contributed by atoms with Crippen molar-refractivity contribution < 1.29 is 13.2 Å². The van der Waals surface area contributed by atoms with Crippen molar-refractivity contribution in [1.29, 1.82) is 0 Å². The molecule has 0 heterocycles. The maximum Gasteiger partial charge on any atom is 0.240 e. The van der Waals surface area contributed by atoms with Gasteiger partial charge in [0.2, 0.25) is 15.9 Å². The predicted molar refractivity (Wildman–Crippen MR) is 95.6 cm³/mol. The average Bonchev–Trinajstić information content (AvgIpc) is 2.57. The highest BCUT2D eigenvalue weighted by molar-refractivity contribution is 7.89. The first-order valence-electron chi connectivity index (χ1n) is 7.72. The van der Waals surface area contributed by atoms with Crippen molar-refractivity contribution in [1.82, 2.24) is 4.72 Å². The van der Waals surface area contributed by atoms with Gasteiger partial charge in [0.25, 0.3) is 0 Å². The number of hydrogen-bond donors (Lipinski definition) is 2. The van der Waals surface area contributed by atoms with Crippen molar-refractivity contribution >= 4 is 21.6 Å². The molecule has 0 atom stereocenters. The van der Waals surface area contributed by atoms with Gasteiger partial charge in [0.15, 0.2) is 0 Å². The summed E-state index contributed by atoms with van der Waals surface area (Å²) in [5.74, 6) is -0.0562. The van der Waals surface area contributed by atoms with Crippen molar-refractivity contribution in [3.63, 3.8) is 0 Å². The van der Waals surface area contributed by atoms with Gasteiger partial charge in [-0.25, -0.2) is 13.1 Å². The monoisotopic (exact) mass is 346 g/mol. The maximum atomic E-state index is 12.1. The molecule has 0 bridgehead atoms. The van der Waals surface area contributed by atoms with Crippen LogP contribution in [0.3, 0.4) is 0 Å². The van der Waals surface area contributed by atoms with Crippen LogP contribution in [0.5, 0.6) is 0 Å². The number of carbonyl (C=O) groups excluding carboxylic acids is 1. The van der Waals surface area contributed by atoms with Crippen LogP contribution in [0.1, 0.15) is 23.1 Å². The molecule has 24 heavy (non-hydrogen) atoms. The molecule has 2 N–H and O–H groups in total. The Balaban J connectivity index is 1.97. The number of rotatable bonds is 6. The standard InChI is InChI=1S/C18H22N2O3S/c1-13-5-4-6-14(2)18(13)20-17(21)12-9-15-7-10-16(11-8-15)24(22,23)19-3/h4-8,10-11,19H,9,12H2,1-3H3,(H,20,21). The molecular weight excluding hydrogens is 324 g/mol. The normalized spacial score (nSPS) is 11.3. The summed E-state index contributed by atoms with van der Waals surface area (Å²) >= 11 is 0. The molecule has 128 valence electrons. The Morgan fingerprint density at radius 3 is 2.12 bits per heavy atom. The highest BCUT2D eigenvalue weighted by Gasteiger charge is 2.11. The third-order valence-electron chi connectivity index (χ3n) is 3.89. The highest BCUT2D eigenvalue weighted by Crippen LogP contribution is 2.20. The molecule has 1 amide bonds. The van der Waals surface area contributed by atoms with Gasteiger partial charge in [-0.3, -0.25) is 4.79 Å². The lowest BCUT2D eigenvalue weighted by atomic mass is 10.1. The molecule has 0 radical (unpaired) electrons. The van der Waals surface area contributed by atoms with Crippen LogP contribution in [0.25, 0.3) is 0 Å². The average molecular weight is 346 g/mol. The number of anilines is 1. The second-order valence-corrected chi connectivity index (χ2v) is 7.55. The maximum absolute atomic E-state index is 12.1. The fourth-order valence-electron chi connectivity index (χ4n) is 2.42. The number of sulfonamides is 1. The van der Waals surface area contributed by atoms with E-state index in [0.29, 0.717) is 12.8 Å². The van der Waals surface area contributed by atoms with Crippen LogP contribution in [0.4, 0.5) is 5.69 Å². The van der Waals surface area contributed by atoms with Crippen molar-refractivity contribution in [2.75, 3.05) is 12.4 Å². The molecule has 0 aliphatic carbocycles. The fraction of sp³-hybridized carbons (Fsp3) is 0.278. The summed E-state index contributed by atoms with van der Waals surface area (Å²) in [6.45, 7) is 3.92. The number of hydrogen-bond acceptors (Lipinski definition) is 3. The Morgan fingerprint density at radius 2 is 1.58 bits per heavy atom. The van der Waals surface area contributed by atoms with E-state index in [1.807, 2.05) is 32.0 Å². The van der Waals surface area contributed by atoms with Gasteiger partial charge in [-0.05, 0) is 56.1 Å². The second kappa shape index (κ2) is 7.59. The third kappa shape index (κ3) is 4.43. The summed E-state index contributed by atoms with van der Waals surface area (Å²) in [5.41, 5.74) is 3.84. The van der Waals surface area contributed by atoms with E-state index in [9.17, 15) is 13.2 Å². The zero-order chi connectivity index (χ0) is 17.7. The fourth-order valence-corrected chi connectivity index (χ4v) is 3.15. The topological polar surface area (TPSA) is 75.3 Å². The lowest BCUT2D eigenvalue weighted by Gasteiger charge is -2.11. The summed E-state index contributed by atoms with van der Waals surface area (Å²) < 4.78 is 25.6. The van der Waals surface area contributed by atoms with Gasteiger partial charge in [0.05, 0.1) is 4.90 Å². The van der Waals surface area contributed by atoms with E-state index in [1.54, 1.807) is 24.3 Å². The van der Waals surface area contributed by atoms with Gasteiger partial charge in [-0.1, -0.05) is 30.3 Å². The molecule has 5 nitrogen and oxygen atoms in total. The van der Waals surface area contributed by atoms with E-state index in [-0.39, 0.29) is 10.8 Å². The van der Waals surface area contributed by atoms with Crippen LogP contribution in [0, 0.1) is 13.8 Å². The largest absolute Gasteiger partial charge is 0.326 e. The summed E-state index contributed by atoms with van der Waals surface area (Å²) in [7, 11) is -2.05. The molecular formula is C18H22N2O3S. The van der Waals surface area contributed by atoms with Crippen LogP contribution < -0.4 is 10.0 Å². The Labute approximate surface area is 143 Å². The SMILES string of the molecule is CNS(=O)(=O)c1ccc(CCC(=O)Nc2c(C)cccc2C)cc1. The highest BCUT2D eigenvalue weighted by atomic mass is 32.2. The van der Waals surface area contributed by atoms with E-state index in [0.717, 1.165) is 22.4 Å². The Kier molecular flexibility index (Phi) is 5.75. The molecule has 0 saturated heterocycles. The number of carbonyl (C=O) groups is 1. The van der Waals surface area contributed by atoms with Crippen LogP contribution in [-0.2, 0) is 21.2 Å². The Hall–Kier alpha value is -2.18. The van der Waals surface area contributed by atoms with Crippen LogP contribution in [-0.4, -0.2) is 21.4 Å². The summed E-state index contributed by atoms with van der Waals surface area (Å²) in [6.07, 6.45) is 0.891. The van der Waals surface area contributed by atoms with E-state index < -0.39 is 10.0 Å². The molecule has 0 fully saturated rings. The Bertz CT molecular complexity index is 808. The summed E-state index contributed by atoms with van der Waals surface area (Å²) in [5, 5.41) is 2.95. The molecule has 6 heteroatoms. The predicted octanol–water partition coefficient (Wildman–Crippen LogP) is 2.78. The minimum absolute atomic E-state index is 0.0562.